The Balaban J connectivity index is 1.76. The SMILES string of the molecule is CCCCO[C@H]1[C@@H](O)[C@H](C)O[C@@H]1[C@@H](CCOS(=O)(=O)c1ccc(C)cc1)O[Si](c1ccccc1)(c1ccccc1)C(C)(C)C. The number of unbranched alkanes of at least 4 members (excludes halogenated alkanes) is 1. The predicted molar refractivity (Wildman–Crippen MR) is 176 cm³/mol. The van der Waals surface area contributed by atoms with Gasteiger partial charge in [-0.2, -0.15) is 8.42 Å². The van der Waals surface area contributed by atoms with Crippen LogP contribution in [0.3, 0.4) is 0 Å². The fourth-order valence-electron chi connectivity index (χ4n) is 5.98. The fourth-order valence-corrected chi connectivity index (χ4v) is 11.6. The molecule has 1 N–H and O–H groups in total. The molecule has 3 aromatic rings. The Kier molecular flexibility index (Phi) is 11.6. The van der Waals surface area contributed by atoms with Gasteiger partial charge in [0.05, 0.1) is 23.7 Å². The van der Waals surface area contributed by atoms with Gasteiger partial charge in [-0.05, 0) is 54.2 Å². The zero-order chi connectivity index (χ0) is 32.0. The standard InChI is InChI=1S/C35H48O7SSi/c1-7-8-24-39-34-32(36)27(3)41-33(34)31(23-25-40-43(37,38)28-21-19-26(2)20-22-28)42-44(35(4,5)6,29-15-11-9-12-16-29)30-17-13-10-14-18-30/h9-22,27,31-34,36H,7-8,23-25H2,1-6H3/t27-,31+,32-,33+,34-/m0/s1. The molecular formula is C35H48O7SSi. The second-order valence-corrected chi connectivity index (χ2v) is 18.6. The Morgan fingerprint density at radius 2 is 1.48 bits per heavy atom. The first-order valence-electron chi connectivity index (χ1n) is 15.6. The van der Waals surface area contributed by atoms with Gasteiger partial charge in [0.15, 0.2) is 0 Å². The minimum Gasteiger partial charge on any atom is -0.402 e. The van der Waals surface area contributed by atoms with Crippen LogP contribution in [0, 0.1) is 6.92 Å². The van der Waals surface area contributed by atoms with E-state index < -0.39 is 49.0 Å². The lowest BCUT2D eigenvalue weighted by Crippen LogP contribution is -2.69. The quantitative estimate of drug-likeness (QED) is 0.144. The number of hydrogen-bond acceptors (Lipinski definition) is 7. The summed E-state index contributed by atoms with van der Waals surface area (Å²) in [6.07, 6.45) is -1.21. The van der Waals surface area contributed by atoms with Gasteiger partial charge in [-0.1, -0.05) is 112 Å². The smallest absolute Gasteiger partial charge is 0.296 e. The Morgan fingerprint density at radius 1 is 0.909 bits per heavy atom. The fraction of sp³-hybridized carbons (Fsp3) is 0.486. The molecule has 44 heavy (non-hydrogen) atoms. The number of aliphatic hydroxyl groups excluding tert-OH is 1. The normalized spacial score (nSPS) is 21.8. The van der Waals surface area contributed by atoms with E-state index in [0.717, 1.165) is 28.8 Å². The maximum atomic E-state index is 13.1. The molecule has 4 rings (SSSR count). The second-order valence-electron chi connectivity index (χ2n) is 12.7. The molecule has 0 radical (unpaired) electrons. The van der Waals surface area contributed by atoms with Crippen molar-refractivity contribution in [3.05, 3.63) is 90.5 Å². The number of rotatable bonds is 14. The molecule has 0 amide bonds. The van der Waals surface area contributed by atoms with Crippen LogP contribution in [-0.4, -0.2) is 65.6 Å². The second kappa shape index (κ2) is 14.8. The highest BCUT2D eigenvalue weighted by atomic mass is 32.2. The van der Waals surface area contributed by atoms with Crippen LogP contribution in [-0.2, 0) is 28.2 Å². The zero-order valence-electron chi connectivity index (χ0n) is 26.8. The van der Waals surface area contributed by atoms with Gasteiger partial charge in [0.1, 0.15) is 18.3 Å². The molecule has 0 spiro atoms. The van der Waals surface area contributed by atoms with E-state index in [9.17, 15) is 13.5 Å². The zero-order valence-corrected chi connectivity index (χ0v) is 28.6. The summed E-state index contributed by atoms with van der Waals surface area (Å²) in [6.45, 7) is 12.8. The summed E-state index contributed by atoms with van der Waals surface area (Å²) in [4.78, 5) is 0.106. The average molecular weight is 641 g/mol. The lowest BCUT2D eigenvalue weighted by atomic mass is 10.0. The van der Waals surface area contributed by atoms with E-state index in [0.29, 0.717) is 6.61 Å². The third-order valence-electron chi connectivity index (χ3n) is 8.38. The number of aryl methyl sites for hydroxylation is 1. The average Bonchev–Trinajstić information content (AvgIpc) is 3.28. The highest BCUT2D eigenvalue weighted by molar-refractivity contribution is 7.86. The van der Waals surface area contributed by atoms with E-state index in [1.165, 1.54) is 0 Å². The van der Waals surface area contributed by atoms with Gasteiger partial charge in [-0.3, -0.25) is 4.18 Å². The van der Waals surface area contributed by atoms with Crippen LogP contribution in [0.1, 0.15) is 59.4 Å². The molecule has 1 saturated heterocycles. The highest BCUT2D eigenvalue weighted by Crippen LogP contribution is 2.40. The van der Waals surface area contributed by atoms with E-state index in [1.807, 2.05) is 50.2 Å². The van der Waals surface area contributed by atoms with Crippen LogP contribution in [0.5, 0.6) is 0 Å². The first kappa shape index (κ1) is 34.5. The van der Waals surface area contributed by atoms with Gasteiger partial charge < -0.3 is 19.0 Å². The molecule has 0 aliphatic carbocycles. The van der Waals surface area contributed by atoms with Crippen molar-refractivity contribution in [1.29, 1.82) is 0 Å². The van der Waals surface area contributed by atoms with Crippen LogP contribution in [0.4, 0.5) is 0 Å². The first-order chi connectivity index (χ1) is 20.9. The topological polar surface area (TPSA) is 91.3 Å². The van der Waals surface area contributed by atoms with Crippen LogP contribution in [0.2, 0.25) is 5.04 Å². The van der Waals surface area contributed by atoms with Crippen molar-refractivity contribution >= 4 is 28.8 Å². The van der Waals surface area contributed by atoms with Crippen molar-refractivity contribution in [2.24, 2.45) is 0 Å². The van der Waals surface area contributed by atoms with Crippen molar-refractivity contribution in [2.45, 2.75) is 101 Å². The Morgan fingerprint density at radius 3 is 2.00 bits per heavy atom. The first-order valence-corrected chi connectivity index (χ1v) is 18.9. The van der Waals surface area contributed by atoms with Crippen LogP contribution in [0.25, 0.3) is 0 Å². The summed E-state index contributed by atoms with van der Waals surface area (Å²) in [5.41, 5.74) is 0.961. The summed E-state index contributed by atoms with van der Waals surface area (Å²) in [6, 6.07) is 27.1. The molecule has 0 aromatic heterocycles. The molecule has 1 heterocycles. The Bertz CT molecular complexity index is 1370. The molecule has 5 atom stereocenters. The van der Waals surface area contributed by atoms with Crippen molar-refractivity contribution < 1.29 is 31.6 Å². The Labute approximate surface area is 264 Å². The molecule has 9 heteroatoms. The maximum Gasteiger partial charge on any atom is 0.296 e. The molecule has 7 nitrogen and oxygen atoms in total. The van der Waals surface area contributed by atoms with Crippen molar-refractivity contribution in [1.82, 2.24) is 0 Å². The van der Waals surface area contributed by atoms with E-state index in [1.54, 1.807) is 24.3 Å². The molecule has 0 bridgehead atoms. The van der Waals surface area contributed by atoms with E-state index in [4.69, 9.17) is 18.1 Å². The predicted octanol–water partition coefficient (Wildman–Crippen LogP) is 5.37. The lowest BCUT2D eigenvalue weighted by molar-refractivity contribution is -0.0845. The molecule has 1 fully saturated rings. The van der Waals surface area contributed by atoms with Gasteiger partial charge in [0.25, 0.3) is 18.4 Å². The number of benzene rings is 3. The van der Waals surface area contributed by atoms with E-state index in [2.05, 4.69) is 52.0 Å². The summed E-state index contributed by atoms with van der Waals surface area (Å²) >= 11 is 0. The minimum absolute atomic E-state index is 0.106. The molecule has 1 aliphatic heterocycles. The van der Waals surface area contributed by atoms with Crippen LogP contribution in [0.15, 0.2) is 89.8 Å². The van der Waals surface area contributed by atoms with Crippen LogP contribution < -0.4 is 10.4 Å². The number of ether oxygens (including phenoxy) is 2. The van der Waals surface area contributed by atoms with E-state index >= 15 is 0 Å². The number of hydrogen-bond donors (Lipinski definition) is 1. The summed E-state index contributed by atoms with van der Waals surface area (Å²) in [5, 5.41) is 13.0. The third kappa shape index (κ3) is 7.70. The molecule has 0 saturated carbocycles. The molecule has 0 unspecified atom stereocenters. The third-order valence-corrected chi connectivity index (χ3v) is 14.8. The highest BCUT2D eigenvalue weighted by Gasteiger charge is 2.55. The largest absolute Gasteiger partial charge is 0.402 e. The summed E-state index contributed by atoms with van der Waals surface area (Å²) in [5.74, 6) is 0. The molecule has 240 valence electrons. The summed E-state index contributed by atoms with van der Waals surface area (Å²) < 4.78 is 52.0. The van der Waals surface area contributed by atoms with Gasteiger partial charge in [-0.25, -0.2) is 0 Å². The Hall–Kier alpha value is -2.37. The molecular weight excluding hydrogens is 593 g/mol. The van der Waals surface area contributed by atoms with Crippen molar-refractivity contribution in [3.63, 3.8) is 0 Å². The number of aliphatic hydroxyl groups is 1. The van der Waals surface area contributed by atoms with Gasteiger partial charge in [-0.15, -0.1) is 0 Å². The molecule has 1 aliphatic rings. The molecule has 3 aromatic carbocycles. The minimum atomic E-state index is -3.99. The van der Waals surface area contributed by atoms with Gasteiger partial charge >= 0.3 is 0 Å². The summed E-state index contributed by atoms with van der Waals surface area (Å²) in [7, 11) is -7.07. The lowest BCUT2D eigenvalue weighted by Gasteiger charge is -2.46. The van der Waals surface area contributed by atoms with Crippen molar-refractivity contribution in [3.8, 4) is 0 Å². The monoisotopic (exact) mass is 640 g/mol. The van der Waals surface area contributed by atoms with Crippen molar-refractivity contribution in [2.75, 3.05) is 13.2 Å². The van der Waals surface area contributed by atoms with Crippen LogP contribution >= 0.6 is 0 Å². The van der Waals surface area contributed by atoms with Gasteiger partial charge in [0.2, 0.25) is 0 Å². The van der Waals surface area contributed by atoms with Gasteiger partial charge in [0, 0.05) is 6.61 Å². The van der Waals surface area contributed by atoms with E-state index in [-0.39, 0.29) is 23.0 Å². The maximum absolute atomic E-state index is 13.1.